The molecule has 5 nitrogen and oxygen atoms in total. The van der Waals surface area contributed by atoms with Gasteiger partial charge >= 0.3 is 0 Å². The molecule has 5 heteroatoms. The summed E-state index contributed by atoms with van der Waals surface area (Å²) in [5.41, 5.74) is 6.26. The first-order valence-corrected chi connectivity index (χ1v) is 9.85. The first-order valence-electron chi connectivity index (χ1n) is 9.85. The number of H-pyrrole nitrogens is 1. The van der Waals surface area contributed by atoms with Gasteiger partial charge in [-0.25, -0.2) is 0 Å². The minimum absolute atomic E-state index is 0.0807. The summed E-state index contributed by atoms with van der Waals surface area (Å²) < 4.78 is 5.32. The van der Waals surface area contributed by atoms with E-state index in [0.29, 0.717) is 5.69 Å². The predicted octanol–water partition coefficient (Wildman–Crippen LogP) is 5.14. The van der Waals surface area contributed by atoms with Gasteiger partial charge in [0.05, 0.1) is 18.8 Å². The Balaban J connectivity index is 1.70. The summed E-state index contributed by atoms with van der Waals surface area (Å²) in [6.07, 6.45) is 0. The van der Waals surface area contributed by atoms with Crippen LogP contribution in [0.4, 0.5) is 5.69 Å². The van der Waals surface area contributed by atoms with Crippen molar-refractivity contribution in [1.29, 1.82) is 0 Å². The van der Waals surface area contributed by atoms with Crippen LogP contribution in [0, 0.1) is 6.92 Å². The Bertz CT molecular complexity index is 1200. The zero-order chi connectivity index (χ0) is 20.7. The monoisotopic (exact) mass is 395 g/mol. The van der Waals surface area contributed by atoms with E-state index in [1.807, 2.05) is 71.6 Å². The van der Waals surface area contributed by atoms with Gasteiger partial charge in [0.15, 0.2) is 0 Å². The molecule has 3 aromatic carbocycles. The maximum atomic E-state index is 13.4. The highest BCUT2D eigenvalue weighted by Gasteiger charge is 2.43. The molecule has 0 bridgehead atoms. The molecule has 1 aliphatic heterocycles. The van der Waals surface area contributed by atoms with Crippen LogP contribution in [0.2, 0.25) is 0 Å². The van der Waals surface area contributed by atoms with Gasteiger partial charge in [0.25, 0.3) is 5.91 Å². The number of ether oxygens (including phenoxy) is 1. The van der Waals surface area contributed by atoms with Gasteiger partial charge in [-0.2, -0.15) is 5.10 Å². The van der Waals surface area contributed by atoms with Crippen LogP contribution < -0.4 is 9.64 Å². The molecule has 30 heavy (non-hydrogen) atoms. The van der Waals surface area contributed by atoms with E-state index in [2.05, 4.69) is 29.3 Å². The summed E-state index contributed by atoms with van der Waals surface area (Å²) in [6.45, 7) is 2.06. The number of hydrogen-bond donors (Lipinski definition) is 1. The first kappa shape index (κ1) is 18.2. The van der Waals surface area contributed by atoms with E-state index in [4.69, 9.17) is 4.74 Å². The fourth-order valence-corrected chi connectivity index (χ4v) is 4.04. The molecule has 4 aromatic rings. The smallest absolute Gasteiger partial charge is 0.277 e. The predicted molar refractivity (Wildman–Crippen MR) is 117 cm³/mol. The van der Waals surface area contributed by atoms with E-state index in [1.165, 1.54) is 5.56 Å². The number of hydrogen-bond acceptors (Lipinski definition) is 3. The second-order valence-corrected chi connectivity index (χ2v) is 7.41. The molecule has 148 valence electrons. The van der Waals surface area contributed by atoms with Crippen LogP contribution in [0.1, 0.15) is 33.2 Å². The highest BCUT2D eigenvalue weighted by Crippen LogP contribution is 2.45. The van der Waals surface area contributed by atoms with Crippen molar-refractivity contribution >= 4 is 11.6 Å². The fourth-order valence-electron chi connectivity index (χ4n) is 4.04. The lowest BCUT2D eigenvalue weighted by Crippen LogP contribution is -2.29. The number of nitrogens with one attached hydrogen (secondary N) is 1. The van der Waals surface area contributed by atoms with Crippen molar-refractivity contribution in [2.45, 2.75) is 13.0 Å². The van der Waals surface area contributed by atoms with Gasteiger partial charge in [-0.3, -0.25) is 14.8 Å². The summed E-state index contributed by atoms with van der Waals surface area (Å²) in [6, 6.07) is 25.5. The molecule has 1 atom stereocenters. The Labute approximate surface area is 174 Å². The number of anilines is 1. The van der Waals surface area contributed by atoms with Gasteiger partial charge in [-0.1, -0.05) is 60.2 Å². The molecule has 1 aromatic heterocycles. The van der Waals surface area contributed by atoms with Gasteiger partial charge in [0.2, 0.25) is 0 Å². The lowest BCUT2D eigenvalue weighted by atomic mass is 9.95. The van der Waals surface area contributed by atoms with Crippen molar-refractivity contribution in [2.24, 2.45) is 0 Å². The SMILES string of the molecule is COc1ccc([C@@H]2c3c(-c4ccc(C)cc4)n[nH]c3C(=O)N2c2ccccc2)cc1. The number of aryl methyl sites for hydroxylation is 1. The van der Waals surface area contributed by atoms with E-state index in [9.17, 15) is 4.79 Å². The van der Waals surface area contributed by atoms with Crippen molar-refractivity contribution in [3.63, 3.8) is 0 Å². The topological polar surface area (TPSA) is 58.2 Å². The van der Waals surface area contributed by atoms with Crippen molar-refractivity contribution in [3.05, 3.63) is 101 Å². The Morgan fingerprint density at radius 3 is 2.30 bits per heavy atom. The molecule has 0 fully saturated rings. The third-order valence-electron chi connectivity index (χ3n) is 5.56. The van der Waals surface area contributed by atoms with Gasteiger partial charge in [-0.15, -0.1) is 0 Å². The van der Waals surface area contributed by atoms with E-state index in [0.717, 1.165) is 33.8 Å². The number of carbonyl (C=O) groups is 1. The summed E-state index contributed by atoms with van der Waals surface area (Å²) in [5.74, 6) is 0.698. The quantitative estimate of drug-likeness (QED) is 0.520. The van der Waals surface area contributed by atoms with Crippen molar-refractivity contribution < 1.29 is 9.53 Å². The number of aromatic amines is 1. The van der Waals surface area contributed by atoms with Crippen LogP contribution >= 0.6 is 0 Å². The summed E-state index contributed by atoms with van der Waals surface area (Å²) in [7, 11) is 1.65. The molecular weight excluding hydrogens is 374 g/mol. The fraction of sp³-hybridized carbons (Fsp3) is 0.120. The Morgan fingerprint density at radius 2 is 1.63 bits per heavy atom. The van der Waals surface area contributed by atoms with Crippen molar-refractivity contribution in [2.75, 3.05) is 12.0 Å². The van der Waals surface area contributed by atoms with E-state index in [-0.39, 0.29) is 11.9 Å². The maximum Gasteiger partial charge on any atom is 0.277 e. The molecule has 1 N–H and O–H groups in total. The van der Waals surface area contributed by atoms with Gasteiger partial charge in [0.1, 0.15) is 11.4 Å². The van der Waals surface area contributed by atoms with E-state index >= 15 is 0 Å². The molecule has 0 radical (unpaired) electrons. The summed E-state index contributed by atoms with van der Waals surface area (Å²) in [4.78, 5) is 15.3. The number of amides is 1. The zero-order valence-electron chi connectivity index (χ0n) is 16.8. The number of para-hydroxylation sites is 1. The number of rotatable bonds is 4. The number of benzene rings is 3. The number of methoxy groups -OCH3 is 1. The summed E-state index contributed by atoms with van der Waals surface area (Å²) in [5, 5.41) is 7.53. The average Bonchev–Trinajstić information content (AvgIpc) is 3.34. The molecule has 0 saturated heterocycles. The lowest BCUT2D eigenvalue weighted by molar-refractivity contribution is 0.0989. The maximum absolute atomic E-state index is 13.4. The minimum Gasteiger partial charge on any atom is -0.497 e. The number of carbonyl (C=O) groups excluding carboxylic acids is 1. The number of nitrogens with zero attached hydrogens (tertiary/aromatic N) is 2. The molecule has 0 unspecified atom stereocenters. The van der Waals surface area contributed by atoms with Crippen LogP contribution in [0.15, 0.2) is 78.9 Å². The third-order valence-corrected chi connectivity index (χ3v) is 5.56. The molecular formula is C25H21N3O2. The highest BCUT2D eigenvalue weighted by molar-refractivity contribution is 6.11. The number of aromatic nitrogens is 2. The minimum atomic E-state index is -0.282. The second kappa shape index (κ2) is 7.19. The van der Waals surface area contributed by atoms with Crippen molar-refractivity contribution in [3.8, 4) is 17.0 Å². The van der Waals surface area contributed by atoms with Crippen LogP contribution in [-0.4, -0.2) is 23.2 Å². The molecule has 5 rings (SSSR count). The Hall–Kier alpha value is -3.86. The molecule has 0 aliphatic carbocycles. The highest BCUT2D eigenvalue weighted by atomic mass is 16.5. The van der Waals surface area contributed by atoms with E-state index in [1.54, 1.807) is 7.11 Å². The molecule has 2 heterocycles. The van der Waals surface area contributed by atoms with Crippen molar-refractivity contribution in [1.82, 2.24) is 10.2 Å². The van der Waals surface area contributed by atoms with Crippen LogP contribution in [0.25, 0.3) is 11.3 Å². The molecule has 0 saturated carbocycles. The van der Waals surface area contributed by atoms with E-state index < -0.39 is 0 Å². The van der Waals surface area contributed by atoms with Gasteiger partial charge in [-0.05, 0) is 36.8 Å². The normalized spacial score (nSPS) is 15.3. The standard InChI is InChI=1S/C25H21N3O2/c1-16-8-10-17(11-9-16)22-21-23(27-26-22)25(29)28(19-6-4-3-5-7-19)24(21)18-12-14-20(30-2)15-13-18/h3-15,24H,1-2H3,(H,26,27)/t24-/m1/s1. The largest absolute Gasteiger partial charge is 0.497 e. The van der Waals surface area contributed by atoms with Gasteiger partial charge in [0, 0.05) is 16.8 Å². The van der Waals surface area contributed by atoms with Crippen LogP contribution in [0.3, 0.4) is 0 Å². The Kier molecular flexibility index (Phi) is 4.36. The zero-order valence-corrected chi connectivity index (χ0v) is 16.8. The van der Waals surface area contributed by atoms with Crippen LogP contribution in [-0.2, 0) is 0 Å². The summed E-state index contributed by atoms with van der Waals surface area (Å²) >= 11 is 0. The van der Waals surface area contributed by atoms with Crippen LogP contribution in [0.5, 0.6) is 5.75 Å². The first-order chi connectivity index (χ1) is 14.7. The molecule has 1 aliphatic rings. The lowest BCUT2D eigenvalue weighted by Gasteiger charge is -2.26. The number of fused-ring (bicyclic) bond motifs is 1. The third kappa shape index (κ3) is 2.87. The average molecular weight is 395 g/mol. The van der Waals surface area contributed by atoms with Gasteiger partial charge < -0.3 is 4.74 Å². The second-order valence-electron chi connectivity index (χ2n) is 7.41. The molecule has 0 spiro atoms. The molecule has 1 amide bonds. The Morgan fingerprint density at radius 1 is 0.933 bits per heavy atom.